The van der Waals surface area contributed by atoms with Gasteiger partial charge in [0.2, 0.25) is 0 Å². The van der Waals surface area contributed by atoms with Gasteiger partial charge in [-0.05, 0) is 49.8 Å². The van der Waals surface area contributed by atoms with Gasteiger partial charge in [-0.25, -0.2) is 9.69 Å². The Morgan fingerprint density at radius 3 is 2.44 bits per heavy atom. The summed E-state index contributed by atoms with van der Waals surface area (Å²) in [6.07, 6.45) is 1.40. The van der Waals surface area contributed by atoms with Gasteiger partial charge in [0.15, 0.2) is 0 Å². The average molecular weight is 385 g/mol. The number of carbonyl (C=O) groups excluding carboxylic acids is 3. The second-order valence-corrected chi connectivity index (χ2v) is 6.32. The molecule has 0 aromatic heterocycles. The maximum Gasteiger partial charge on any atom is 0.335 e. The Hall–Kier alpha value is -3.12. The van der Waals surface area contributed by atoms with E-state index in [1.165, 1.54) is 6.08 Å². The highest BCUT2D eigenvalue weighted by Gasteiger charge is 2.36. The molecule has 1 saturated heterocycles. The van der Waals surface area contributed by atoms with E-state index in [0.29, 0.717) is 28.6 Å². The van der Waals surface area contributed by atoms with Gasteiger partial charge in [0, 0.05) is 0 Å². The van der Waals surface area contributed by atoms with Crippen molar-refractivity contribution < 1.29 is 19.1 Å². The maximum atomic E-state index is 12.8. The van der Waals surface area contributed by atoms with E-state index in [1.54, 1.807) is 42.5 Å². The largest absolute Gasteiger partial charge is 0.492 e. The van der Waals surface area contributed by atoms with Crippen molar-refractivity contribution in [2.75, 3.05) is 11.5 Å². The van der Waals surface area contributed by atoms with Gasteiger partial charge in [0.1, 0.15) is 11.3 Å². The fourth-order valence-electron chi connectivity index (χ4n) is 2.63. The minimum Gasteiger partial charge on any atom is -0.492 e. The van der Waals surface area contributed by atoms with Crippen LogP contribution in [0.4, 0.5) is 10.5 Å². The van der Waals surface area contributed by atoms with Crippen molar-refractivity contribution in [3.63, 3.8) is 0 Å². The fourth-order valence-corrected chi connectivity index (χ4v) is 2.88. The third-order valence-electron chi connectivity index (χ3n) is 3.96. The first-order valence-corrected chi connectivity index (χ1v) is 8.69. The van der Waals surface area contributed by atoms with Gasteiger partial charge in [-0.3, -0.25) is 14.9 Å². The first-order valence-electron chi connectivity index (χ1n) is 8.31. The quantitative estimate of drug-likeness (QED) is 0.644. The molecule has 138 valence electrons. The summed E-state index contributed by atoms with van der Waals surface area (Å²) in [4.78, 5) is 38.1. The van der Waals surface area contributed by atoms with Crippen LogP contribution in [0.2, 0.25) is 5.02 Å². The van der Waals surface area contributed by atoms with Crippen molar-refractivity contribution in [1.82, 2.24) is 5.32 Å². The monoisotopic (exact) mass is 384 g/mol. The summed E-state index contributed by atoms with van der Waals surface area (Å²) in [5.41, 5.74) is 1.75. The Labute approximate surface area is 161 Å². The molecule has 0 radical (unpaired) electrons. The lowest BCUT2D eigenvalue weighted by Crippen LogP contribution is -2.54. The topological polar surface area (TPSA) is 75.7 Å². The molecule has 0 aliphatic carbocycles. The number of halogens is 1. The van der Waals surface area contributed by atoms with Gasteiger partial charge in [0.25, 0.3) is 11.8 Å². The van der Waals surface area contributed by atoms with E-state index in [9.17, 15) is 14.4 Å². The van der Waals surface area contributed by atoms with Crippen LogP contribution in [0.3, 0.4) is 0 Å². The van der Waals surface area contributed by atoms with Gasteiger partial charge >= 0.3 is 6.03 Å². The maximum absolute atomic E-state index is 12.8. The first kappa shape index (κ1) is 18.7. The molecule has 0 unspecified atom stereocenters. The molecule has 1 aliphatic rings. The van der Waals surface area contributed by atoms with Crippen LogP contribution < -0.4 is 15.0 Å². The molecule has 6 nitrogen and oxygen atoms in total. The van der Waals surface area contributed by atoms with Crippen LogP contribution in [0.15, 0.2) is 48.0 Å². The molecule has 1 heterocycles. The Morgan fingerprint density at radius 1 is 1.11 bits per heavy atom. The molecule has 7 heteroatoms. The van der Waals surface area contributed by atoms with Crippen molar-refractivity contribution in [3.05, 3.63) is 64.2 Å². The third-order valence-corrected chi connectivity index (χ3v) is 4.26. The number of nitrogens with zero attached hydrogens (tertiary/aromatic N) is 1. The zero-order valence-electron chi connectivity index (χ0n) is 14.8. The minimum absolute atomic E-state index is 0.157. The standard InChI is InChI=1S/C20H17ClN2O4/c1-3-27-17-9-6-13(11-16(17)21)10-15-18(24)22-20(26)23(19(15)25)14-7-4-12(2)5-8-14/h4-11H,3H2,1-2H3,(H,22,24,26)/b15-10+. The molecule has 2 aromatic carbocycles. The van der Waals surface area contributed by atoms with E-state index in [2.05, 4.69) is 5.32 Å². The molecule has 0 atom stereocenters. The van der Waals surface area contributed by atoms with Crippen molar-refractivity contribution in [2.45, 2.75) is 13.8 Å². The van der Waals surface area contributed by atoms with Gasteiger partial charge < -0.3 is 4.74 Å². The molecule has 1 N–H and O–H groups in total. The van der Waals surface area contributed by atoms with Crippen LogP contribution >= 0.6 is 11.6 Å². The molecule has 2 aromatic rings. The van der Waals surface area contributed by atoms with Gasteiger partial charge in [-0.1, -0.05) is 35.4 Å². The number of hydrogen-bond acceptors (Lipinski definition) is 4. The summed E-state index contributed by atoms with van der Waals surface area (Å²) in [5.74, 6) is -0.937. The average Bonchev–Trinajstić information content (AvgIpc) is 2.62. The number of ether oxygens (including phenoxy) is 1. The van der Waals surface area contributed by atoms with Crippen molar-refractivity contribution in [3.8, 4) is 5.75 Å². The van der Waals surface area contributed by atoms with Gasteiger partial charge in [-0.15, -0.1) is 0 Å². The smallest absolute Gasteiger partial charge is 0.335 e. The van der Waals surface area contributed by atoms with Crippen LogP contribution in [0.5, 0.6) is 5.75 Å². The van der Waals surface area contributed by atoms with Crippen molar-refractivity contribution in [1.29, 1.82) is 0 Å². The van der Waals surface area contributed by atoms with Crippen molar-refractivity contribution in [2.24, 2.45) is 0 Å². The van der Waals surface area contributed by atoms with Gasteiger partial charge in [0.05, 0.1) is 17.3 Å². The lowest BCUT2D eigenvalue weighted by molar-refractivity contribution is -0.122. The first-order chi connectivity index (χ1) is 12.9. The summed E-state index contributed by atoms with van der Waals surface area (Å²) in [6, 6.07) is 11.0. The van der Waals surface area contributed by atoms with Crippen LogP contribution in [0.25, 0.3) is 6.08 Å². The van der Waals surface area contributed by atoms with E-state index in [-0.39, 0.29) is 5.57 Å². The Balaban J connectivity index is 1.96. The van der Waals surface area contributed by atoms with E-state index in [0.717, 1.165) is 10.5 Å². The Kier molecular flexibility index (Phi) is 5.28. The van der Waals surface area contributed by atoms with Crippen LogP contribution in [-0.4, -0.2) is 24.5 Å². The summed E-state index contributed by atoms with van der Waals surface area (Å²) in [5, 5.41) is 2.55. The zero-order chi connectivity index (χ0) is 19.6. The number of aryl methyl sites for hydroxylation is 1. The number of hydrogen-bond donors (Lipinski definition) is 1. The molecule has 4 amide bonds. The highest BCUT2D eigenvalue weighted by Crippen LogP contribution is 2.27. The number of amides is 4. The number of urea groups is 1. The highest BCUT2D eigenvalue weighted by atomic mass is 35.5. The zero-order valence-corrected chi connectivity index (χ0v) is 15.5. The molecular formula is C20H17ClN2O4. The number of benzene rings is 2. The predicted molar refractivity (Wildman–Crippen MR) is 103 cm³/mol. The molecule has 3 rings (SSSR count). The summed E-state index contributed by atoms with van der Waals surface area (Å²) < 4.78 is 5.37. The normalized spacial score (nSPS) is 15.9. The van der Waals surface area contributed by atoms with Crippen LogP contribution in [0, 0.1) is 6.92 Å². The van der Waals surface area contributed by atoms with Crippen molar-refractivity contribution >= 4 is 41.2 Å². The number of nitrogens with one attached hydrogen (secondary N) is 1. The lowest BCUT2D eigenvalue weighted by Gasteiger charge is -2.26. The molecule has 0 saturated carbocycles. The molecular weight excluding hydrogens is 368 g/mol. The highest BCUT2D eigenvalue weighted by molar-refractivity contribution is 6.39. The molecule has 1 fully saturated rings. The fraction of sp³-hybridized carbons (Fsp3) is 0.150. The number of imide groups is 2. The van der Waals surface area contributed by atoms with Crippen LogP contribution in [0.1, 0.15) is 18.1 Å². The summed E-state index contributed by atoms with van der Waals surface area (Å²) in [6.45, 7) is 4.20. The molecule has 0 bridgehead atoms. The molecule has 0 spiro atoms. The number of barbiturate groups is 1. The Bertz CT molecular complexity index is 951. The second-order valence-electron chi connectivity index (χ2n) is 5.92. The third kappa shape index (κ3) is 3.85. The number of anilines is 1. The van der Waals surface area contributed by atoms with Gasteiger partial charge in [-0.2, -0.15) is 0 Å². The number of rotatable bonds is 4. The summed E-state index contributed by atoms with van der Waals surface area (Å²) >= 11 is 6.16. The second kappa shape index (κ2) is 7.63. The lowest BCUT2D eigenvalue weighted by atomic mass is 10.1. The summed E-state index contributed by atoms with van der Waals surface area (Å²) in [7, 11) is 0. The van der Waals surface area contributed by atoms with E-state index < -0.39 is 17.8 Å². The SMILES string of the molecule is CCOc1ccc(/C=C2\C(=O)NC(=O)N(c3ccc(C)cc3)C2=O)cc1Cl. The van der Waals surface area contributed by atoms with E-state index in [4.69, 9.17) is 16.3 Å². The Morgan fingerprint density at radius 2 is 1.81 bits per heavy atom. The molecule has 27 heavy (non-hydrogen) atoms. The predicted octanol–water partition coefficient (Wildman–Crippen LogP) is 3.71. The van der Waals surface area contributed by atoms with E-state index in [1.807, 2.05) is 13.8 Å². The minimum atomic E-state index is -0.782. The molecule has 1 aliphatic heterocycles. The van der Waals surface area contributed by atoms with Crippen LogP contribution in [-0.2, 0) is 9.59 Å². The number of carbonyl (C=O) groups is 3. The van der Waals surface area contributed by atoms with E-state index >= 15 is 0 Å².